The first kappa shape index (κ1) is 14.8. The fraction of sp³-hybridized carbons (Fsp3) is 0. The fourth-order valence-electron chi connectivity index (χ4n) is 2.24. The third-order valence-corrected chi connectivity index (χ3v) is 3.97. The van der Waals surface area contributed by atoms with Crippen molar-refractivity contribution < 1.29 is 4.79 Å². The summed E-state index contributed by atoms with van der Waals surface area (Å²) in [7, 11) is 0. The lowest BCUT2D eigenvalue weighted by Gasteiger charge is -2.01. The Hall–Kier alpha value is -2.09. The van der Waals surface area contributed by atoms with Gasteiger partial charge in [0.25, 0.3) is 0 Å². The van der Waals surface area contributed by atoms with Crippen molar-refractivity contribution in [2.45, 2.75) is 0 Å². The van der Waals surface area contributed by atoms with Crippen LogP contribution in [0.2, 0.25) is 10.0 Å². The van der Waals surface area contributed by atoms with E-state index in [2.05, 4.69) is 0 Å². The van der Waals surface area contributed by atoms with E-state index in [1.807, 2.05) is 42.5 Å². The summed E-state index contributed by atoms with van der Waals surface area (Å²) < 4.78 is 0. The number of rotatable bonds is 3. The largest absolute Gasteiger partial charge is 0.289 e. The number of hydrogen-bond acceptors (Lipinski definition) is 1. The molecule has 0 heterocycles. The van der Waals surface area contributed by atoms with E-state index in [4.69, 9.17) is 23.2 Å². The average Bonchev–Trinajstić information content (AvgIpc) is 2.53. The fourth-order valence-corrected chi connectivity index (χ4v) is 2.71. The van der Waals surface area contributed by atoms with Gasteiger partial charge >= 0.3 is 0 Å². The highest BCUT2D eigenvalue weighted by Crippen LogP contribution is 2.22. The maximum absolute atomic E-state index is 12.3. The van der Waals surface area contributed by atoms with Crippen molar-refractivity contribution in [3.8, 4) is 0 Å². The molecule has 3 rings (SSSR count). The standard InChI is InChI=1S/C19H12Cl2O/c20-17-9-7-14(18(21)12-17)8-10-19(22)16-6-5-13-3-1-2-4-15(13)11-16/h1-12H/b10-8+. The lowest BCUT2D eigenvalue weighted by Crippen LogP contribution is -1.93. The highest BCUT2D eigenvalue weighted by molar-refractivity contribution is 6.35. The van der Waals surface area contributed by atoms with E-state index in [9.17, 15) is 4.79 Å². The van der Waals surface area contributed by atoms with Crippen molar-refractivity contribution >= 4 is 45.8 Å². The lowest BCUT2D eigenvalue weighted by atomic mass is 10.0. The summed E-state index contributed by atoms with van der Waals surface area (Å²) in [6.07, 6.45) is 3.23. The molecule has 0 saturated heterocycles. The van der Waals surface area contributed by atoms with Crippen molar-refractivity contribution in [3.63, 3.8) is 0 Å². The zero-order valence-electron chi connectivity index (χ0n) is 11.6. The number of halogens is 2. The van der Waals surface area contributed by atoms with Gasteiger partial charge in [0, 0.05) is 15.6 Å². The van der Waals surface area contributed by atoms with E-state index < -0.39 is 0 Å². The van der Waals surface area contributed by atoms with Gasteiger partial charge in [-0.2, -0.15) is 0 Å². The van der Waals surface area contributed by atoms with E-state index in [1.54, 1.807) is 24.3 Å². The Morgan fingerprint density at radius 3 is 2.41 bits per heavy atom. The second kappa shape index (κ2) is 6.35. The Kier molecular flexibility index (Phi) is 4.28. The minimum Gasteiger partial charge on any atom is -0.289 e. The molecule has 22 heavy (non-hydrogen) atoms. The molecule has 0 aliphatic heterocycles. The summed E-state index contributed by atoms with van der Waals surface area (Å²) in [5.41, 5.74) is 1.42. The first-order chi connectivity index (χ1) is 10.6. The van der Waals surface area contributed by atoms with Gasteiger partial charge in [-0.05, 0) is 46.7 Å². The Bertz CT molecular complexity index is 881. The van der Waals surface area contributed by atoms with Crippen molar-refractivity contribution in [2.75, 3.05) is 0 Å². The molecule has 0 unspecified atom stereocenters. The number of carbonyl (C=O) groups excluding carboxylic acids is 1. The zero-order chi connectivity index (χ0) is 15.5. The summed E-state index contributed by atoms with van der Waals surface area (Å²) >= 11 is 11.9. The maximum atomic E-state index is 12.3. The van der Waals surface area contributed by atoms with Crippen LogP contribution in [0.25, 0.3) is 16.8 Å². The number of hydrogen-bond donors (Lipinski definition) is 0. The van der Waals surface area contributed by atoms with Crippen molar-refractivity contribution in [1.29, 1.82) is 0 Å². The number of carbonyl (C=O) groups is 1. The van der Waals surface area contributed by atoms with Crippen LogP contribution in [0.15, 0.2) is 66.7 Å². The summed E-state index contributed by atoms with van der Waals surface area (Å²) in [6.45, 7) is 0. The molecule has 0 aromatic heterocycles. The van der Waals surface area contributed by atoms with Gasteiger partial charge < -0.3 is 0 Å². The lowest BCUT2D eigenvalue weighted by molar-refractivity contribution is 0.104. The third-order valence-electron chi connectivity index (χ3n) is 3.41. The van der Waals surface area contributed by atoms with Gasteiger partial charge in [-0.3, -0.25) is 4.79 Å². The molecule has 0 amide bonds. The van der Waals surface area contributed by atoms with Crippen LogP contribution in [-0.2, 0) is 0 Å². The molecule has 3 aromatic rings. The molecule has 0 N–H and O–H groups in total. The van der Waals surface area contributed by atoms with Gasteiger partial charge in [0.05, 0.1) is 0 Å². The molecule has 0 bridgehead atoms. The van der Waals surface area contributed by atoms with Gasteiger partial charge in [-0.25, -0.2) is 0 Å². The average molecular weight is 327 g/mol. The van der Waals surface area contributed by atoms with Crippen LogP contribution in [-0.4, -0.2) is 5.78 Å². The van der Waals surface area contributed by atoms with Crippen molar-refractivity contribution in [1.82, 2.24) is 0 Å². The molecule has 0 aliphatic rings. The molecular formula is C19H12Cl2O. The maximum Gasteiger partial charge on any atom is 0.185 e. The van der Waals surface area contributed by atoms with Crippen LogP contribution in [0, 0.1) is 0 Å². The quantitative estimate of drug-likeness (QED) is 0.423. The Morgan fingerprint density at radius 1 is 0.864 bits per heavy atom. The molecule has 108 valence electrons. The zero-order valence-corrected chi connectivity index (χ0v) is 13.1. The molecule has 0 atom stereocenters. The molecule has 0 radical (unpaired) electrons. The minimum absolute atomic E-state index is 0.0585. The van der Waals surface area contributed by atoms with Crippen LogP contribution in [0.1, 0.15) is 15.9 Å². The van der Waals surface area contributed by atoms with E-state index in [0.29, 0.717) is 15.6 Å². The van der Waals surface area contributed by atoms with E-state index in [1.165, 1.54) is 6.08 Å². The first-order valence-electron chi connectivity index (χ1n) is 6.80. The third kappa shape index (κ3) is 3.22. The first-order valence-corrected chi connectivity index (χ1v) is 7.55. The Labute approximate surface area is 138 Å². The molecule has 3 heteroatoms. The number of fused-ring (bicyclic) bond motifs is 1. The minimum atomic E-state index is -0.0585. The van der Waals surface area contributed by atoms with E-state index in [0.717, 1.165) is 16.3 Å². The van der Waals surface area contributed by atoms with Crippen LogP contribution < -0.4 is 0 Å². The summed E-state index contributed by atoms with van der Waals surface area (Å²) in [4.78, 5) is 12.3. The summed E-state index contributed by atoms with van der Waals surface area (Å²) in [5.74, 6) is -0.0585. The second-order valence-electron chi connectivity index (χ2n) is 4.93. The van der Waals surface area contributed by atoms with Gasteiger partial charge in [0.2, 0.25) is 0 Å². The van der Waals surface area contributed by atoms with Crippen LogP contribution >= 0.6 is 23.2 Å². The highest BCUT2D eigenvalue weighted by Gasteiger charge is 2.04. The highest BCUT2D eigenvalue weighted by atomic mass is 35.5. The van der Waals surface area contributed by atoms with Gasteiger partial charge in [0.1, 0.15) is 0 Å². The molecular weight excluding hydrogens is 315 g/mol. The summed E-state index contributed by atoms with van der Waals surface area (Å²) in [6, 6.07) is 18.8. The molecule has 1 nitrogen and oxygen atoms in total. The second-order valence-corrected chi connectivity index (χ2v) is 5.77. The predicted octanol–water partition coefficient (Wildman–Crippen LogP) is 6.04. The van der Waals surface area contributed by atoms with Crippen molar-refractivity contribution in [2.24, 2.45) is 0 Å². The monoisotopic (exact) mass is 326 g/mol. The van der Waals surface area contributed by atoms with E-state index in [-0.39, 0.29) is 5.78 Å². The normalized spacial score (nSPS) is 11.2. The number of allylic oxidation sites excluding steroid dienone is 1. The molecule has 3 aromatic carbocycles. The molecule has 0 fully saturated rings. The molecule has 0 spiro atoms. The predicted molar refractivity (Wildman–Crippen MR) is 93.8 cm³/mol. The van der Waals surface area contributed by atoms with Crippen molar-refractivity contribution in [3.05, 3.63) is 87.9 Å². The Morgan fingerprint density at radius 2 is 1.64 bits per heavy atom. The number of ketones is 1. The topological polar surface area (TPSA) is 17.1 Å². The number of benzene rings is 3. The SMILES string of the molecule is O=C(/C=C/c1ccc(Cl)cc1Cl)c1ccc2ccccc2c1. The smallest absolute Gasteiger partial charge is 0.185 e. The van der Waals surface area contributed by atoms with Crippen LogP contribution in [0.3, 0.4) is 0 Å². The van der Waals surface area contributed by atoms with Gasteiger partial charge in [-0.15, -0.1) is 0 Å². The van der Waals surface area contributed by atoms with Crippen LogP contribution in [0.4, 0.5) is 0 Å². The molecule has 0 aliphatic carbocycles. The van der Waals surface area contributed by atoms with E-state index >= 15 is 0 Å². The van der Waals surface area contributed by atoms with Crippen LogP contribution in [0.5, 0.6) is 0 Å². The summed E-state index contributed by atoms with van der Waals surface area (Å²) in [5, 5.41) is 3.26. The Balaban J connectivity index is 1.87. The van der Waals surface area contributed by atoms with Gasteiger partial charge in [-0.1, -0.05) is 65.7 Å². The molecule has 0 saturated carbocycles. The van der Waals surface area contributed by atoms with Gasteiger partial charge in [0.15, 0.2) is 5.78 Å².